The molecule has 0 aliphatic carbocycles. The number of benzene rings is 1. The number of rotatable bonds is 1. The second-order valence-corrected chi connectivity index (χ2v) is 3.34. The van der Waals surface area contributed by atoms with Crippen molar-refractivity contribution < 1.29 is 4.11 Å². The third kappa shape index (κ3) is 1.92. The van der Waals surface area contributed by atoms with Gasteiger partial charge in [-0.2, -0.15) is 0 Å². The molecule has 64 valence electrons. The van der Waals surface area contributed by atoms with Gasteiger partial charge in [-0.3, -0.25) is 0 Å². The lowest BCUT2D eigenvalue weighted by molar-refractivity contribution is 1.17. The van der Waals surface area contributed by atoms with Crippen LogP contribution >= 0.6 is 15.9 Å². The SMILES string of the molecule is [2H]c1nc([2H])c(-c2ccc(Br)cc2)c([2H])n1. The Bertz CT molecular complexity index is 505. The van der Waals surface area contributed by atoms with Crippen molar-refractivity contribution in [2.24, 2.45) is 0 Å². The molecule has 1 aromatic carbocycles. The fourth-order valence-corrected chi connectivity index (χ4v) is 1.22. The number of aromatic nitrogens is 2. The second-order valence-electron chi connectivity index (χ2n) is 2.43. The third-order valence-corrected chi connectivity index (χ3v) is 2.10. The zero-order valence-electron chi connectivity index (χ0n) is 9.58. The van der Waals surface area contributed by atoms with Crippen LogP contribution in [0.3, 0.4) is 0 Å². The summed E-state index contributed by atoms with van der Waals surface area (Å²) in [6.45, 7) is 0. The van der Waals surface area contributed by atoms with E-state index < -0.39 is 0 Å². The standard InChI is InChI=1S/C10H7BrN2/c11-10-3-1-8(2-4-10)9-5-12-7-13-6-9/h1-7H/i5D,6D,7D. The molecule has 0 fully saturated rings. The van der Waals surface area contributed by atoms with Gasteiger partial charge >= 0.3 is 0 Å². The maximum absolute atomic E-state index is 7.64. The highest BCUT2D eigenvalue weighted by molar-refractivity contribution is 9.10. The molecule has 2 aromatic rings. The second kappa shape index (κ2) is 3.66. The van der Waals surface area contributed by atoms with Gasteiger partial charge in [0.1, 0.15) is 7.67 Å². The van der Waals surface area contributed by atoms with Crippen molar-refractivity contribution in [2.75, 3.05) is 0 Å². The summed E-state index contributed by atoms with van der Waals surface area (Å²) in [7, 11) is 0. The van der Waals surface area contributed by atoms with E-state index in [9.17, 15) is 0 Å². The molecule has 0 N–H and O–H groups in total. The molecule has 1 aromatic heterocycles. The molecule has 0 unspecified atom stereocenters. The van der Waals surface area contributed by atoms with Gasteiger partial charge in [0.05, 0.1) is 2.74 Å². The smallest absolute Gasteiger partial charge is 0.115 e. The molecule has 2 nitrogen and oxygen atoms in total. The predicted octanol–water partition coefficient (Wildman–Crippen LogP) is 2.91. The maximum Gasteiger partial charge on any atom is 0.115 e. The molecule has 3 heteroatoms. The molecule has 0 atom stereocenters. The number of halogens is 1. The summed E-state index contributed by atoms with van der Waals surface area (Å²) < 4.78 is 23.4. The van der Waals surface area contributed by atoms with Crippen LogP contribution in [-0.2, 0) is 0 Å². The fraction of sp³-hybridized carbons (Fsp3) is 0. The van der Waals surface area contributed by atoms with E-state index in [2.05, 4.69) is 25.9 Å². The zero-order chi connectivity index (χ0) is 11.7. The van der Waals surface area contributed by atoms with Crippen molar-refractivity contribution >= 4 is 15.9 Å². The largest absolute Gasteiger partial charge is 0.244 e. The Hall–Kier alpha value is -1.22. The Balaban J connectivity index is 2.60. The van der Waals surface area contributed by atoms with Crippen LogP contribution in [0.1, 0.15) is 4.11 Å². The molecular formula is C10H7BrN2. The minimum Gasteiger partial charge on any atom is -0.244 e. The monoisotopic (exact) mass is 237 g/mol. The maximum atomic E-state index is 7.64. The van der Waals surface area contributed by atoms with Crippen molar-refractivity contribution in [3.8, 4) is 11.1 Å². The van der Waals surface area contributed by atoms with E-state index in [0.717, 1.165) is 4.47 Å². The Morgan fingerprint density at radius 2 is 1.62 bits per heavy atom. The quantitative estimate of drug-likeness (QED) is 0.763. The Labute approximate surface area is 89.0 Å². The average Bonchev–Trinajstić information content (AvgIpc) is 2.19. The van der Waals surface area contributed by atoms with E-state index in [-0.39, 0.29) is 18.6 Å². The van der Waals surface area contributed by atoms with Gasteiger partial charge in [-0.1, -0.05) is 28.1 Å². The minimum absolute atomic E-state index is 0.0904. The highest BCUT2D eigenvalue weighted by Crippen LogP contribution is 2.19. The van der Waals surface area contributed by atoms with Crippen LogP contribution in [0.5, 0.6) is 0 Å². The minimum atomic E-state index is -0.295. The van der Waals surface area contributed by atoms with Crippen molar-refractivity contribution in [3.63, 3.8) is 0 Å². The van der Waals surface area contributed by atoms with Crippen LogP contribution in [0.4, 0.5) is 0 Å². The molecular weight excluding hydrogens is 228 g/mol. The summed E-state index contributed by atoms with van der Waals surface area (Å²) in [5.41, 5.74) is 1.06. The van der Waals surface area contributed by atoms with Crippen LogP contribution < -0.4 is 0 Å². The lowest BCUT2D eigenvalue weighted by Gasteiger charge is -1.98. The molecule has 0 spiro atoms. The van der Waals surface area contributed by atoms with Gasteiger partial charge in [-0.25, -0.2) is 9.97 Å². The van der Waals surface area contributed by atoms with Crippen molar-refractivity contribution in [1.82, 2.24) is 9.97 Å². The Morgan fingerprint density at radius 3 is 2.23 bits per heavy atom. The highest BCUT2D eigenvalue weighted by Gasteiger charge is 1.95. The van der Waals surface area contributed by atoms with E-state index in [4.69, 9.17) is 4.11 Å². The van der Waals surface area contributed by atoms with Crippen LogP contribution in [0.25, 0.3) is 11.1 Å². The van der Waals surface area contributed by atoms with E-state index in [0.29, 0.717) is 11.1 Å². The molecule has 0 aliphatic rings. The van der Waals surface area contributed by atoms with E-state index in [1.165, 1.54) is 0 Å². The van der Waals surface area contributed by atoms with Crippen molar-refractivity contribution in [1.29, 1.82) is 0 Å². The lowest BCUT2D eigenvalue weighted by Crippen LogP contribution is -1.80. The summed E-state index contributed by atoms with van der Waals surface area (Å²) in [4.78, 5) is 7.25. The first-order chi connectivity index (χ1) is 7.58. The molecule has 0 aliphatic heterocycles. The van der Waals surface area contributed by atoms with Gasteiger partial charge in [0.25, 0.3) is 0 Å². The van der Waals surface area contributed by atoms with Gasteiger partial charge in [-0.15, -0.1) is 0 Å². The molecule has 0 bridgehead atoms. The molecule has 0 radical (unpaired) electrons. The van der Waals surface area contributed by atoms with Crippen molar-refractivity contribution in [2.45, 2.75) is 0 Å². The van der Waals surface area contributed by atoms with Crippen LogP contribution in [0.2, 0.25) is 0 Å². The van der Waals surface area contributed by atoms with Gasteiger partial charge in [0.15, 0.2) is 0 Å². The average molecular weight is 238 g/mol. The Kier molecular flexibility index (Phi) is 1.55. The molecule has 2 rings (SSSR count). The Morgan fingerprint density at radius 1 is 1.00 bits per heavy atom. The van der Waals surface area contributed by atoms with Gasteiger partial charge in [-0.05, 0) is 17.7 Å². The summed E-state index contributed by atoms with van der Waals surface area (Å²) in [5.74, 6) is 0. The third-order valence-electron chi connectivity index (χ3n) is 1.57. The zero-order valence-corrected chi connectivity index (χ0v) is 8.17. The fourth-order valence-electron chi connectivity index (χ4n) is 0.957. The first-order valence-corrected chi connectivity index (χ1v) is 4.45. The van der Waals surface area contributed by atoms with Gasteiger partial charge < -0.3 is 0 Å². The first kappa shape index (κ1) is 5.50. The number of hydrogen-bond donors (Lipinski definition) is 0. The summed E-state index contributed by atoms with van der Waals surface area (Å²) in [6.07, 6.45) is -0.476. The normalized spacial score (nSPS) is 13.2. The molecule has 0 saturated heterocycles. The van der Waals surface area contributed by atoms with E-state index in [1.807, 2.05) is 12.1 Å². The molecule has 0 saturated carbocycles. The van der Waals surface area contributed by atoms with Crippen LogP contribution in [0, 0.1) is 0 Å². The summed E-state index contributed by atoms with van der Waals surface area (Å²) >= 11 is 3.31. The van der Waals surface area contributed by atoms with Crippen molar-refractivity contribution in [3.05, 3.63) is 47.4 Å². The van der Waals surface area contributed by atoms with E-state index >= 15 is 0 Å². The van der Waals surface area contributed by atoms with Crippen LogP contribution in [-0.4, -0.2) is 9.97 Å². The lowest BCUT2D eigenvalue weighted by atomic mass is 10.1. The topological polar surface area (TPSA) is 25.8 Å². The summed E-state index contributed by atoms with van der Waals surface area (Å²) in [5, 5.41) is 0. The van der Waals surface area contributed by atoms with Crippen LogP contribution in [0.15, 0.2) is 47.4 Å². The number of hydrogen-bond acceptors (Lipinski definition) is 2. The summed E-state index contributed by atoms with van der Waals surface area (Å²) in [6, 6.07) is 7.20. The molecule has 13 heavy (non-hydrogen) atoms. The highest BCUT2D eigenvalue weighted by atomic mass is 79.9. The number of nitrogens with zero attached hydrogens (tertiary/aromatic N) is 2. The predicted molar refractivity (Wildman–Crippen MR) is 55.2 cm³/mol. The van der Waals surface area contributed by atoms with Gasteiger partial charge in [0, 0.05) is 22.4 Å². The van der Waals surface area contributed by atoms with E-state index in [1.54, 1.807) is 12.1 Å². The van der Waals surface area contributed by atoms with Gasteiger partial charge in [0.2, 0.25) is 0 Å². The molecule has 0 amide bonds. The molecule has 1 heterocycles. The first-order valence-electron chi connectivity index (χ1n) is 5.15.